The Morgan fingerprint density at radius 1 is 1.00 bits per heavy atom. The van der Waals surface area contributed by atoms with Gasteiger partial charge in [0, 0.05) is 5.92 Å². The molecule has 0 heterocycles. The van der Waals surface area contributed by atoms with Crippen LogP contribution in [0.3, 0.4) is 0 Å². The first-order valence-corrected chi connectivity index (χ1v) is 10.5. The molecule has 2 nitrogen and oxygen atoms in total. The highest BCUT2D eigenvalue weighted by Crippen LogP contribution is 2.67. The van der Waals surface area contributed by atoms with Crippen molar-refractivity contribution in [1.29, 1.82) is 0 Å². The number of fused-ring (bicyclic) bond motifs is 5. The molecule has 24 heavy (non-hydrogen) atoms. The Balaban J connectivity index is 1.62. The van der Waals surface area contributed by atoms with E-state index in [0.29, 0.717) is 23.0 Å². The summed E-state index contributed by atoms with van der Waals surface area (Å²) in [6.07, 6.45) is 9.78. The lowest BCUT2D eigenvalue weighted by Crippen LogP contribution is -2.55. The van der Waals surface area contributed by atoms with Gasteiger partial charge < -0.3 is 5.11 Å². The summed E-state index contributed by atoms with van der Waals surface area (Å²) < 4.78 is 0. The Morgan fingerprint density at radius 3 is 2.42 bits per heavy atom. The van der Waals surface area contributed by atoms with Crippen molar-refractivity contribution in [3.63, 3.8) is 0 Å². The zero-order chi connectivity index (χ0) is 17.3. The number of carbonyl (C=O) groups excluding carboxylic acids is 1. The normalized spacial score (nSPS) is 57.0. The van der Waals surface area contributed by atoms with Crippen LogP contribution in [0.4, 0.5) is 0 Å². The number of aliphatic hydroxyl groups is 1. The average molecular weight is 333 g/mol. The van der Waals surface area contributed by atoms with Crippen molar-refractivity contribution in [2.24, 2.45) is 46.3 Å². The van der Waals surface area contributed by atoms with Crippen molar-refractivity contribution in [3.05, 3.63) is 0 Å². The molecule has 0 aromatic heterocycles. The lowest BCUT2D eigenvalue weighted by atomic mass is 9.44. The molecular formula is C22H36O2. The van der Waals surface area contributed by atoms with Crippen molar-refractivity contribution in [3.8, 4) is 0 Å². The number of hydrogen-bond donors (Lipinski definition) is 1. The van der Waals surface area contributed by atoms with Gasteiger partial charge in [0.05, 0.1) is 6.10 Å². The standard InChI is InChI=1S/C22H36O2/c1-13-12-22(4)15(11-20(13)24)5-6-16-18-8-7-17(14(2)23)21(18,3)10-9-19(16)22/h13,15-20,24H,5-12H2,1-4H3. The largest absolute Gasteiger partial charge is 0.393 e. The molecule has 4 rings (SSSR count). The minimum absolute atomic E-state index is 0.0814. The molecule has 0 aromatic rings. The Labute approximate surface area is 147 Å². The number of hydrogen-bond acceptors (Lipinski definition) is 2. The molecule has 0 radical (unpaired) electrons. The zero-order valence-corrected chi connectivity index (χ0v) is 16.1. The number of carbonyl (C=O) groups is 1. The van der Waals surface area contributed by atoms with E-state index in [1.807, 2.05) is 6.92 Å². The fraction of sp³-hybridized carbons (Fsp3) is 0.955. The molecule has 4 aliphatic rings. The first-order chi connectivity index (χ1) is 11.3. The van der Waals surface area contributed by atoms with E-state index < -0.39 is 0 Å². The third-order valence-corrected chi connectivity index (χ3v) is 9.50. The molecule has 4 fully saturated rings. The molecule has 9 unspecified atom stereocenters. The maximum atomic E-state index is 12.2. The zero-order valence-electron chi connectivity index (χ0n) is 16.1. The molecule has 0 bridgehead atoms. The van der Waals surface area contributed by atoms with Crippen LogP contribution in [-0.4, -0.2) is 17.0 Å². The monoisotopic (exact) mass is 332 g/mol. The van der Waals surface area contributed by atoms with E-state index in [0.717, 1.165) is 36.5 Å². The van der Waals surface area contributed by atoms with Gasteiger partial charge in [0.15, 0.2) is 0 Å². The van der Waals surface area contributed by atoms with Crippen molar-refractivity contribution in [1.82, 2.24) is 0 Å². The molecule has 136 valence electrons. The summed E-state index contributed by atoms with van der Waals surface area (Å²) in [5.41, 5.74) is 0.702. The van der Waals surface area contributed by atoms with Gasteiger partial charge in [0.2, 0.25) is 0 Å². The van der Waals surface area contributed by atoms with E-state index in [1.165, 1.54) is 38.5 Å². The van der Waals surface area contributed by atoms with Gasteiger partial charge in [-0.05, 0) is 98.7 Å². The van der Waals surface area contributed by atoms with Crippen molar-refractivity contribution in [2.45, 2.75) is 85.2 Å². The lowest BCUT2D eigenvalue weighted by Gasteiger charge is -2.61. The average Bonchev–Trinajstić information content (AvgIpc) is 2.86. The van der Waals surface area contributed by atoms with Crippen LogP contribution < -0.4 is 0 Å². The molecule has 9 atom stereocenters. The number of rotatable bonds is 1. The first-order valence-electron chi connectivity index (χ1n) is 10.5. The summed E-state index contributed by atoms with van der Waals surface area (Å²) in [6, 6.07) is 0. The second-order valence-corrected chi connectivity index (χ2v) is 10.4. The van der Waals surface area contributed by atoms with Crippen LogP contribution in [0.1, 0.15) is 79.1 Å². The van der Waals surface area contributed by atoms with E-state index in [4.69, 9.17) is 0 Å². The van der Waals surface area contributed by atoms with Crippen molar-refractivity contribution < 1.29 is 9.90 Å². The van der Waals surface area contributed by atoms with Crippen LogP contribution in [0.25, 0.3) is 0 Å². The molecule has 4 aliphatic carbocycles. The summed E-state index contributed by atoms with van der Waals surface area (Å²) in [5.74, 6) is 4.36. The van der Waals surface area contributed by atoms with Gasteiger partial charge in [0.25, 0.3) is 0 Å². The Bertz CT molecular complexity index is 528. The molecule has 2 heteroatoms. The van der Waals surface area contributed by atoms with Gasteiger partial charge in [-0.25, -0.2) is 0 Å². The lowest BCUT2D eigenvalue weighted by molar-refractivity contribution is -0.146. The third-order valence-electron chi connectivity index (χ3n) is 9.50. The molecule has 0 saturated heterocycles. The maximum Gasteiger partial charge on any atom is 0.133 e. The molecule has 1 N–H and O–H groups in total. The van der Waals surface area contributed by atoms with Gasteiger partial charge in [-0.3, -0.25) is 4.79 Å². The van der Waals surface area contributed by atoms with Crippen LogP contribution in [0.2, 0.25) is 0 Å². The number of Topliss-reactive ketones (excluding diaryl/α,β-unsaturated/α-hetero) is 1. The smallest absolute Gasteiger partial charge is 0.133 e. The van der Waals surface area contributed by atoms with Gasteiger partial charge in [0.1, 0.15) is 5.78 Å². The minimum Gasteiger partial charge on any atom is -0.393 e. The topological polar surface area (TPSA) is 37.3 Å². The Kier molecular flexibility index (Phi) is 3.95. The van der Waals surface area contributed by atoms with Crippen LogP contribution in [-0.2, 0) is 4.79 Å². The summed E-state index contributed by atoms with van der Waals surface area (Å²) in [7, 11) is 0. The highest BCUT2D eigenvalue weighted by atomic mass is 16.3. The Hall–Kier alpha value is -0.370. The minimum atomic E-state index is -0.0814. The first kappa shape index (κ1) is 17.1. The SMILES string of the molecule is CC(=O)C1CCC2C3CCC4CC(O)C(C)CC4(C)C3CCC12C. The van der Waals surface area contributed by atoms with E-state index in [9.17, 15) is 9.90 Å². The highest BCUT2D eigenvalue weighted by molar-refractivity contribution is 5.79. The Morgan fingerprint density at radius 2 is 1.71 bits per heavy atom. The summed E-state index contributed by atoms with van der Waals surface area (Å²) in [5, 5.41) is 10.4. The molecular weight excluding hydrogens is 296 g/mol. The number of aliphatic hydroxyl groups excluding tert-OH is 1. The van der Waals surface area contributed by atoms with Crippen molar-refractivity contribution >= 4 is 5.78 Å². The quantitative estimate of drug-likeness (QED) is 0.746. The molecule has 0 amide bonds. The highest BCUT2D eigenvalue weighted by Gasteiger charge is 2.61. The molecule has 0 aromatic carbocycles. The van der Waals surface area contributed by atoms with Crippen LogP contribution in [0.5, 0.6) is 0 Å². The summed E-state index contributed by atoms with van der Waals surface area (Å²) in [4.78, 5) is 12.2. The van der Waals surface area contributed by atoms with E-state index in [1.54, 1.807) is 0 Å². The maximum absolute atomic E-state index is 12.2. The fourth-order valence-corrected chi connectivity index (χ4v) is 8.26. The van der Waals surface area contributed by atoms with Gasteiger partial charge in [-0.1, -0.05) is 20.8 Å². The fourth-order valence-electron chi connectivity index (χ4n) is 8.26. The van der Waals surface area contributed by atoms with E-state index >= 15 is 0 Å². The molecule has 0 spiro atoms. The predicted octanol–water partition coefficient (Wildman–Crippen LogP) is 4.84. The summed E-state index contributed by atoms with van der Waals surface area (Å²) in [6.45, 7) is 9.07. The number of ketones is 1. The second kappa shape index (κ2) is 5.56. The molecule has 0 aliphatic heterocycles. The predicted molar refractivity (Wildman–Crippen MR) is 96.5 cm³/mol. The van der Waals surface area contributed by atoms with E-state index in [-0.39, 0.29) is 11.5 Å². The third kappa shape index (κ3) is 2.20. The van der Waals surface area contributed by atoms with E-state index in [2.05, 4.69) is 20.8 Å². The van der Waals surface area contributed by atoms with Crippen LogP contribution >= 0.6 is 0 Å². The van der Waals surface area contributed by atoms with Crippen LogP contribution in [0.15, 0.2) is 0 Å². The van der Waals surface area contributed by atoms with Gasteiger partial charge in [-0.15, -0.1) is 0 Å². The van der Waals surface area contributed by atoms with Gasteiger partial charge >= 0.3 is 0 Å². The second-order valence-electron chi connectivity index (χ2n) is 10.4. The van der Waals surface area contributed by atoms with Gasteiger partial charge in [-0.2, -0.15) is 0 Å². The van der Waals surface area contributed by atoms with Crippen LogP contribution in [0, 0.1) is 46.3 Å². The van der Waals surface area contributed by atoms with Crippen molar-refractivity contribution in [2.75, 3.05) is 0 Å². The molecule has 4 saturated carbocycles. The summed E-state index contributed by atoms with van der Waals surface area (Å²) >= 11 is 0.